The fourth-order valence-corrected chi connectivity index (χ4v) is 11.8. The highest BCUT2D eigenvalue weighted by molar-refractivity contribution is 7.81. The van der Waals surface area contributed by atoms with Crippen molar-refractivity contribution in [2.45, 2.75) is 45.7 Å². The van der Waals surface area contributed by atoms with E-state index in [0.717, 1.165) is 11.7 Å². The molecule has 3 heteroatoms. The van der Waals surface area contributed by atoms with Gasteiger partial charge in [-0.05, 0) is 59.8 Å². The van der Waals surface area contributed by atoms with Crippen molar-refractivity contribution in [3.63, 3.8) is 0 Å². The molecule has 160 valence electrons. The lowest BCUT2D eigenvalue weighted by Gasteiger charge is -2.39. The Labute approximate surface area is 188 Å². The molecule has 0 aromatic heterocycles. The molecule has 0 spiro atoms. The molecule has 4 unspecified atom stereocenters. The van der Waals surface area contributed by atoms with Gasteiger partial charge in [-0.1, -0.05) is 106 Å². The summed E-state index contributed by atoms with van der Waals surface area (Å²) >= 11 is 0. The summed E-state index contributed by atoms with van der Waals surface area (Å²) in [4.78, 5) is 0. The number of hydrogen-bond donors (Lipinski definition) is 0. The standard InChI is InChI=1S/C28H32OP2/c1-27(2)21-18-19-28(27,3)26(20-21)31(29)25-17-11-10-16-24(25)30(22-12-6-4-7-13-22)23-14-8-5-9-15-23/h4-17,21,26,31H,18-20H2,1-3H3. The maximum atomic E-state index is 14.3. The third-order valence-electron chi connectivity index (χ3n) is 8.55. The molecule has 0 N–H and O–H groups in total. The van der Waals surface area contributed by atoms with E-state index in [2.05, 4.69) is 106 Å². The first-order chi connectivity index (χ1) is 14.9. The van der Waals surface area contributed by atoms with Crippen molar-refractivity contribution in [1.82, 2.24) is 0 Å². The minimum Gasteiger partial charge on any atom is -0.322 e. The molecule has 0 heterocycles. The molecule has 2 fully saturated rings. The molecule has 2 saturated carbocycles. The summed E-state index contributed by atoms with van der Waals surface area (Å²) in [5, 5.41) is 5.06. The Morgan fingerprint density at radius 3 is 1.87 bits per heavy atom. The van der Waals surface area contributed by atoms with E-state index in [4.69, 9.17) is 0 Å². The monoisotopic (exact) mass is 446 g/mol. The van der Waals surface area contributed by atoms with Crippen LogP contribution in [0.15, 0.2) is 84.9 Å². The second kappa shape index (κ2) is 8.03. The quantitative estimate of drug-likeness (QED) is 0.450. The van der Waals surface area contributed by atoms with Crippen molar-refractivity contribution in [1.29, 1.82) is 0 Å². The van der Waals surface area contributed by atoms with Gasteiger partial charge in [-0.2, -0.15) is 0 Å². The molecule has 0 aliphatic heterocycles. The molecule has 3 aromatic carbocycles. The zero-order valence-electron chi connectivity index (χ0n) is 18.7. The molecule has 3 aromatic rings. The van der Waals surface area contributed by atoms with Gasteiger partial charge in [0.15, 0.2) is 0 Å². The minimum atomic E-state index is -1.93. The highest BCUT2D eigenvalue weighted by Crippen LogP contribution is 2.70. The van der Waals surface area contributed by atoms with E-state index < -0.39 is 15.7 Å². The molecule has 0 amide bonds. The van der Waals surface area contributed by atoms with Crippen LogP contribution in [0.2, 0.25) is 0 Å². The van der Waals surface area contributed by atoms with Crippen molar-refractivity contribution >= 4 is 36.9 Å². The van der Waals surface area contributed by atoms with Gasteiger partial charge in [0.05, 0.1) is 0 Å². The van der Waals surface area contributed by atoms with Gasteiger partial charge in [-0.15, -0.1) is 0 Å². The molecular formula is C28H32OP2. The van der Waals surface area contributed by atoms with Gasteiger partial charge in [-0.3, -0.25) is 0 Å². The highest BCUT2D eigenvalue weighted by atomic mass is 31.1. The van der Waals surface area contributed by atoms with Gasteiger partial charge >= 0.3 is 0 Å². The second-order valence-corrected chi connectivity index (χ2v) is 14.2. The minimum absolute atomic E-state index is 0.184. The van der Waals surface area contributed by atoms with Crippen LogP contribution in [0, 0.1) is 16.7 Å². The predicted molar refractivity (Wildman–Crippen MR) is 137 cm³/mol. The van der Waals surface area contributed by atoms with E-state index in [-0.39, 0.29) is 10.8 Å². The van der Waals surface area contributed by atoms with Crippen LogP contribution in [0.4, 0.5) is 0 Å². The second-order valence-electron chi connectivity index (χ2n) is 10.1. The molecule has 2 bridgehead atoms. The van der Waals surface area contributed by atoms with Gasteiger partial charge < -0.3 is 4.57 Å². The van der Waals surface area contributed by atoms with E-state index in [9.17, 15) is 4.57 Å². The lowest BCUT2D eigenvalue weighted by molar-refractivity contribution is 0.155. The smallest absolute Gasteiger partial charge is 0.108 e. The van der Waals surface area contributed by atoms with E-state index in [1.165, 1.54) is 28.8 Å². The van der Waals surface area contributed by atoms with Crippen LogP contribution in [-0.2, 0) is 4.57 Å². The van der Waals surface area contributed by atoms with Gasteiger partial charge in [0, 0.05) is 11.0 Å². The molecule has 1 nitrogen and oxygen atoms in total. The van der Waals surface area contributed by atoms with Gasteiger partial charge in [-0.25, -0.2) is 0 Å². The lowest BCUT2D eigenvalue weighted by atomic mass is 9.71. The Morgan fingerprint density at radius 2 is 1.35 bits per heavy atom. The maximum absolute atomic E-state index is 14.3. The van der Waals surface area contributed by atoms with Crippen LogP contribution in [0.3, 0.4) is 0 Å². The van der Waals surface area contributed by atoms with Crippen LogP contribution < -0.4 is 21.2 Å². The molecule has 4 atom stereocenters. The third-order valence-corrected chi connectivity index (χ3v) is 13.7. The molecule has 0 saturated heterocycles. The third kappa shape index (κ3) is 3.37. The lowest BCUT2D eigenvalue weighted by Crippen LogP contribution is -2.37. The summed E-state index contributed by atoms with van der Waals surface area (Å²) < 4.78 is 14.3. The Bertz CT molecular complexity index is 1050. The summed E-state index contributed by atoms with van der Waals surface area (Å²) in [6.07, 6.45) is 3.65. The SMILES string of the molecule is CC1(C)C2CCC1(C)C([PH](=O)c1ccccc1P(c1ccccc1)c1ccccc1)C2. The Kier molecular flexibility index (Phi) is 5.48. The summed E-state index contributed by atoms with van der Waals surface area (Å²) in [7, 11) is -2.66. The molecule has 2 aliphatic rings. The molecule has 2 aliphatic carbocycles. The summed E-state index contributed by atoms with van der Waals surface area (Å²) in [5.41, 5.74) is 0.787. The van der Waals surface area contributed by atoms with Crippen molar-refractivity contribution in [2.24, 2.45) is 16.7 Å². The number of rotatable bonds is 5. The van der Waals surface area contributed by atoms with E-state index in [1.807, 2.05) is 0 Å². The predicted octanol–water partition coefficient (Wildman–Crippen LogP) is 5.84. The first-order valence-corrected chi connectivity index (χ1v) is 14.3. The zero-order chi connectivity index (χ0) is 21.6. The van der Waals surface area contributed by atoms with Gasteiger partial charge in [0.2, 0.25) is 0 Å². The van der Waals surface area contributed by atoms with Crippen LogP contribution in [0.1, 0.15) is 40.0 Å². The van der Waals surface area contributed by atoms with Gasteiger partial charge in [0.25, 0.3) is 0 Å². The fraction of sp³-hybridized carbons (Fsp3) is 0.357. The van der Waals surface area contributed by atoms with Gasteiger partial charge in [0.1, 0.15) is 7.80 Å². The van der Waals surface area contributed by atoms with Crippen LogP contribution in [0.5, 0.6) is 0 Å². The molecule has 31 heavy (non-hydrogen) atoms. The van der Waals surface area contributed by atoms with E-state index in [1.54, 1.807) is 0 Å². The summed E-state index contributed by atoms with van der Waals surface area (Å²) in [5.74, 6) is 0.716. The topological polar surface area (TPSA) is 17.1 Å². The molecule has 0 radical (unpaired) electrons. The van der Waals surface area contributed by atoms with Crippen LogP contribution in [-0.4, -0.2) is 5.66 Å². The summed E-state index contributed by atoms with van der Waals surface area (Å²) in [6.45, 7) is 7.27. The van der Waals surface area contributed by atoms with Crippen molar-refractivity contribution in [2.75, 3.05) is 0 Å². The first-order valence-electron chi connectivity index (χ1n) is 11.5. The zero-order valence-corrected chi connectivity index (χ0v) is 20.6. The highest BCUT2D eigenvalue weighted by Gasteiger charge is 2.62. The Hall–Kier alpha value is -1.68. The largest absolute Gasteiger partial charge is 0.322 e. The van der Waals surface area contributed by atoms with Crippen LogP contribution >= 0.6 is 15.7 Å². The maximum Gasteiger partial charge on any atom is 0.108 e. The normalized spacial score (nSPS) is 27.5. The Morgan fingerprint density at radius 1 is 0.806 bits per heavy atom. The molecular weight excluding hydrogens is 414 g/mol. The van der Waals surface area contributed by atoms with E-state index in [0.29, 0.717) is 11.6 Å². The number of hydrogen-bond acceptors (Lipinski definition) is 1. The first kappa shape index (κ1) is 21.2. The summed E-state index contributed by atoms with van der Waals surface area (Å²) in [6, 6.07) is 30.2. The van der Waals surface area contributed by atoms with E-state index >= 15 is 0 Å². The van der Waals surface area contributed by atoms with Crippen molar-refractivity contribution < 1.29 is 4.57 Å². The Balaban J connectivity index is 1.61. The average molecular weight is 447 g/mol. The fourth-order valence-electron chi connectivity index (χ4n) is 6.25. The number of fused-ring (bicyclic) bond motifs is 2. The number of benzene rings is 3. The van der Waals surface area contributed by atoms with Crippen LogP contribution in [0.25, 0.3) is 0 Å². The van der Waals surface area contributed by atoms with Crippen molar-refractivity contribution in [3.05, 3.63) is 84.9 Å². The van der Waals surface area contributed by atoms with Crippen molar-refractivity contribution in [3.8, 4) is 0 Å². The molecule has 5 rings (SSSR count). The average Bonchev–Trinajstić information content (AvgIpc) is 3.14.